The van der Waals surface area contributed by atoms with Crippen molar-refractivity contribution in [1.29, 1.82) is 0 Å². The Morgan fingerprint density at radius 3 is 2.70 bits per heavy atom. The molecule has 3 nitrogen and oxygen atoms in total. The molecule has 0 aliphatic heterocycles. The second kappa shape index (κ2) is 6.70. The first kappa shape index (κ1) is 16.6. The lowest BCUT2D eigenvalue weighted by Gasteiger charge is -2.06. The van der Waals surface area contributed by atoms with Crippen molar-refractivity contribution in [1.82, 2.24) is 9.97 Å². The Balaban J connectivity index is 1.93. The van der Waals surface area contributed by atoms with Gasteiger partial charge in [0.2, 0.25) is 0 Å². The number of aromatic amines is 1. The van der Waals surface area contributed by atoms with Crippen LogP contribution in [0.3, 0.4) is 0 Å². The first-order valence-electron chi connectivity index (χ1n) is 6.40. The summed E-state index contributed by atoms with van der Waals surface area (Å²) in [5.74, 6) is -0.586. The number of hydrogen-bond donors (Lipinski definition) is 1. The van der Waals surface area contributed by atoms with E-state index in [0.29, 0.717) is 26.1 Å². The summed E-state index contributed by atoms with van der Waals surface area (Å²) in [7, 11) is 0. The van der Waals surface area contributed by atoms with Crippen LogP contribution in [0.2, 0.25) is 0 Å². The average molecular weight is 462 g/mol. The molecule has 3 rings (SSSR count). The molecule has 0 saturated heterocycles. The molecule has 2 aromatic carbocycles. The molecular weight excluding hydrogens is 454 g/mol. The van der Waals surface area contributed by atoms with E-state index in [2.05, 4.69) is 41.8 Å². The highest BCUT2D eigenvalue weighted by atomic mass is 79.9. The number of benzene rings is 2. The molecule has 0 amide bonds. The van der Waals surface area contributed by atoms with Gasteiger partial charge in [0.05, 0.1) is 16.7 Å². The van der Waals surface area contributed by atoms with Gasteiger partial charge in [-0.15, -0.1) is 11.8 Å². The van der Waals surface area contributed by atoms with Gasteiger partial charge in [0.15, 0.2) is 0 Å². The highest BCUT2D eigenvalue weighted by Crippen LogP contribution is 2.27. The maximum absolute atomic E-state index is 13.6. The Morgan fingerprint density at radius 1 is 1.17 bits per heavy atom. The van der Waals surface area contributed by atoms with E-state index in [4.69, 9.17) is 0 Å². The molecule has 0 unspecified atom stereocenters. The minimum absolute atomic E-state index is 0.260. The summed E-state index contributed by atoms with van der Waals surface area (Å²) >= 11 is 7.84. The Labute approximate surface area is 150 Å². The molecule has 0 radical (unpaired) electrons. The molecule has 118 valence electrons. The minimum Gasteiger partial charge on any atom is -0.309 e. The number of rotatable bonds is 3. The number of H-pyrrole nitrogens is 1. The van der Waals surface area contributed by atoms with Crippen molar-refractivity contribution in [3.63, 3.8) is 0 Å². The Hall–Kier alpha value is -1.25. The third kappa shape index (κ3) is 3.64. The largest absolute Gasteiger partial charge is 0.309 e. The van der Waals surface area contributed by atoms with Crippen LogP contribution in [0.4, 0.5) is 8.78 Å². The lowest BCUT2D eigenvalue weighted by atomic mass is 10.2. The van der Waals surface area contributed by atoms with Crippen molar-refractivity contribution in [2.24, 2.45) is 0 Å². The lowest BCUT2D eigenvalue weighted by molar-refractivity contribution is 0.565. The third-order valence-corrected chi connectivity index (χ3v) is 5.16. The zero-order valence-corrected chi connectivity index (χ0v) is 15.4. The zero-order valence-electron chi connectivity index (χ0n) is 11.4. The fraction of sp³-hybridized carbons (Fsp3) is 0.0667. The molecule has 0 aliphatic carbocycles. The van der Waals surface area contributed by atoms with Gasteiger partial charge < -0.3 is 4.98 Å². The highest BCUT2D eigenvalue weighted by Gasteiger charge is 2.10. The van der Waals surface area contributed by atoms with Crippen LogP contribution in [0.15, 0.2) is 49.0 Å². The van der Waals surface area contributed by atoms with Crippen molar-refractivity contribution in [3.8, 4) is 0 Å². The molecule has 0 atom stereocenters. The van der Waals surface area contributed by atoms with E-state index in [9.17, 15) is 13.6 Å². The molecule has 1 aromatic heterocycles. The maximum atomic E-state index is 13.6. The van der Waals surface area contributed by atoms with E-state index in [1.54, 1.807) is 12.1 Å². The molecule has 0 spiro atoms. The zero-order chi connectivity index (χ0) is 16.6. The number of nitrogens with one attached hydrogen (secondary N) is 1. The second-order valence-electron chi connectivity index (χ2n) is 4.66. The van der Waals surface area contributed by atoms with E-state index in [1.165, 1.54) is 12.1 Å². The van der Waals surface area contributed by atoms with E-state index >= 15 is 0 Å². The van der Waals surface area contributed by atoms with Crippen LogP contribution < -0.4 is 5.56 Å². The maximum Gasteiger partial charge on any atom is 0.258 e. The van der Waals surface area contributed by atoms with Gasteiger partial charge in [0.25, 0.3) is 5.56 Å². The minimum atomic E-state index is -0.636. The van der Waals surface area contributed by atoms with Gasteiger partial charge in [-0.25, -0.2) is 13.8 Å². The molecule has 8 heteroatoms. The molecular formula is C15H8Br2F2N2OS. The first-order chi connectivity index (χ1) is 10.9. The van der Waals surface area contributed by atoms with Crippen LogP contribution in [-0.4, -0.2) is 9.97 Å². The van der Waals surface area contributed by atoms with E-state index in [1.807, 2.05) is 0 Å². The first-order valence-corrected chi connectivity index (χ1v) is 8.97. The average Bonchev–Trinajstić information content (AvgIpc) is 2.47. The number of nitrogens with zero attached hydrogens (tertiary/aromatic N) is 1. The predicted molar refractivity (Wildman–Crippen MR) is 93.7 cm³/mol. The van der Waals surface area contributed by atoms with Crippen molar-refractivity contribution in [2.75, 3.05) is 0 Å². The molecule has 0 bridgehead atoms. The monoisotopic (exact) mass is 460 g/mol. The predicted octanol–water partition coefficient (Wildman–Crippen LogP) is 5.02. The summed E-state index contributed by atoms with van der Waals surface area (Å²) < 4.78 is 28.0. The Kier molecular flexibility index (Phi) is 4.84. The summed E-state index contributed by atoms with van der Waals surface area (Å²) in [6.45, 7) is 0. The standard InChI is InChI=1S/C15H8Br2F2N2OS/c16-7-3-9-14(10(17)4-7)20-13(21-15(9)22)6-23-12-2-1-8(18)5-11(12)19/h1-5H,6H2,(H,20,21,22). The van der Waals surface area contributed by atoms with E-state index in [0.717, 1.165) is 22.3 Å². The van der Waals surface area contributed by atoms with Gasteiger partial charge in [-0.2, -0.15) is 0 Å². The molecule has 23 heavy (non-hydrogen) atoms. The summed E-state index contributed by atoms with van der Waals surface area (Å²) in [6.07, 6.45) is 0. The van der Waals surface area contributed by atoms with Crippen LogP contribution in [0.5, 0.6) is 0 Å². The Bertz CT molecular complexity index is 962. The van der Waals surface area contributed by atoms with Crippen molar-refractivity contribution in [2.45, 2.75) is 10.6 Å². The summed E-state index contributed by atoms with van der Waals surface area (Å²) in [6, 6.07) is 6.86. The van der Waals surface area contributed by atoms with Crippen LogP contribution >= 0.6 is 43.6 Å². The van der Waals surface area contributed by atoms with Crippen molar-refractivity contribution >= 4 is 54.5 Å². The van der Waals surface area contributed by atoms with Crippen LogP contribution in [-0.2, 0) is 5.75 Å². The molecule has 0 saturated carbocycles. The number of halogens is 4. The quantitative estimate of drug-likeness (QED) is 0.557. The van der Waals surface area contributed by atoms with Gasteiger partial charge in [-0.05, 0) is 40.2 Å². The van der Waals surface area contributed by atoms with E-state index < -0.39 is 11.6 Å². The number of thioether (sulfide) groups is 1. The Morgan fingerprint density at radius 2 is 1.96 bits per heavy atom. The fourth-order valence-corrected chi connectivity index (χ4v) is 4.12. The molecule has 1 N–H and O–H groups in total. The lowest BCUT2D eigenvalue weighted by Crippen LogP contribution is -2.11. The fourth-order valence-electron chi connectivity index (χ4n) is 2.02. The normalized spacial score (nSPS) is 11.1. The topological polar surface area (TPSA) is 45.8 Å². The van der Waals surface area contributed by atoms with Gasteiger partial charge >= 0.3 is 0 Å². The smallest absolute Gasteiger partial charge is 0.258 e. The molecule has 0 fully saturated rings. The second-order valence-corrected chi connectivity index (χ2v) is 7.45. The molecule has 0 aliphatic rings. The number of fused-ring (bicyclic) bond motifs is 1. The summed E-state index contributed by atoms with van der Waals surface area (Å²) in [4.78, 5) is 19.5. The highest BCUT2D eigenvalue weighted by molar-refractivity contribution is 9.11. The molecule has 1 heterocycles. The number of hydrogen-bond acceptors (Lipinski definition) is 3. The van der Waals surface area contributed by atoms with Gasteiger partial charge in [-0.3, -0.25) is 4.79 Å². The third-order valence-electron chi connectivity index (χ3n) is 3.04. The summed E-state index contributed by atoms with van der Waals surface area (Å²) in [5.41, 5.74) is 0.263. The van der Waals surface area contributed by atoms with E-state index in [-0.39, 0.29) is 11.3 Å². The van der Waals surface area contributed by atoms with Crippen molar-refractivity contribution < 1.29 is 8.78 Å². The van der Waals surface area contributed by atoms with Crippen molar-refractivity contribution in [3.05, 3.63) is 67.1 Å². The molecule has 3 aromatic rings. The van der Waals surface area contributed by atoms with Crippen LogP contribution in [0.25, 0.3) is 10.9 Å². The van der Waals surface area contributed by atoms with Gasteiger partial charge in [0, 0.05) is 19.9 Å². The van der Waals surface area contributed by atoms with Crippen LogP contribution in [0.1, 0.15) is 5.82 Å². The number of aromatic nitrogens is 2. The SMILES string of the molecule is O=c1[nH]c(CSc2ccc(F)cc2F)nc2c(Br)cc(Br)cc12. The summed E-state index contributed by atoms with van der Waals surface area (Å²) in [5, 5.41) is 0.452. The van der Waals surface area contributed by atoms with Gasteiger partial charge in [-0.1, -0.05) is 15.9 Å². The van der Waals surface area contributed by atoms with Crippen LogP contribution in [0, 0.1) is 11.6 Å². The van der Waals surface area contributed by atoms with Gasteiger partial charge in [0.1, 0.15) is 17.5 Å².